The number of aromatic nitrogens is 1. The van der Waals surface area contributed by atoms with Crippen LogP contribution in [0.25, 0.3) is 38.9 Å². The minimum absolute atomic E-state index is 0. The van der Waals surface area contributed by atoms with Gasteiger partial charge in [0.25, 0.3) is 0 Å². The first kappa shape index (κ1) is 33.7. The molecule has 0 radical (unpaired) electrons. The van der Waals surface area contributed by atoms with Crippen molar-refractivity contribution in [2.75, 3.05) is 0 Å². The van der Waals surface area contributed by atoms with Crippen LogP contribution in [0.15, 0.2) is 97.1 Å². The maximum Gasteiger partial charge on any atom is 4.00 e. The number of hydrogen-bond acceptors (Lipinski definition) is 2. The number of fused-ring (bicyclic) bond motifs is 1. The van der Waals surface area contributed by atoms with Crippen LogP contribution in [0.5, 0.6) is 0 Å². The first-order valence-corrected chi connectivity index (χ1v) is 13.2. The van der Waals surface area contributed by atoms with Crippen LogP contribution in [0.2, 0.25) is 0 Å². The van der Waals surface area contributed by atoms with Gasteiger partial charge in [0.05, 0.1) is 5.69 Å². The van der Waals surface area contributed by atoms with E-state index in [9.17, 15) is 4.79 Å². The van der Waals surface area contributed by atoms with Crippen molar-refractivity contribution >= 4 is 16.7 Å². The summed E-state index contributed by atoms with van der Waals surface area (Å²) >= 11 is 0. The van der Waals surface area contributed by atoms with Crippen molar-refractivity contribution in [3.05, 3.63) is 152 Å². The predicted molar refractivity (Wildman–Crippen MR) is 171 cm³/mol. The number of hydrogen-bond donors (Lipinski definition) is 0. The van der Waals surface area contributed by atoms with Crippen LogP contribution in [0, 0.1) is 21.3 Å². The van der Waals surface area contributed by atoms with E-state index in [2.05, 4.69) is 88.4 Å². The molecule has 5 aromatic rings. The topological polar surface area (TPSA) is 53.8 Å². The van der Waals surface area contributed by atoms with E-state index in [1.807, 2.05) is 30.7 Å². The van der Waals surface area contributed by atoms with E-state index < -0.39 is 5.91 Å². The van der Waals surface area contributed by atoms with E-state index in [4.69, 9.17) is 10.7 Å². The first-order valence-electron chi connectivity index (χ1n) is 13.2. The zero-order valence-corrected chi connectivity index (χ0v) is 28.4. The van der Waals surface area contributed by atoms with Crippen LogP contribution in [0.4, 0.5) is 0 Å². The summed E-state index contributed by atoms with van der Waals surface area (Å²) in [5.41, 5.74) is 16.4. The fourth-order valence-corrected chi connectivity index (χ4v) is 5.14. The number of benzene rings is 4. The quantitative estimate of drug-likeness (QED) is 0.125. The fraction of sp³-hybridized carbons (Fsp3) is 0.162. The number of carbonyl (C=O) groups excluding carboxylic acids is 1. The second-order valence-corrected chi connectivity index (χ2v) is 10.4. The van der Waals surface area contributed by atoms with Crippen molar-refractivity contribution in [1.82, 2.24) is 4.98 Å². The van der Waals surface area contributed by atoms with Crippen molar-refractivity contribution < 1.29 is 30.6 Å². The van der Waals surface area contributed by atoms with Gasteiger partial charge in [-0.2, -0.15) is 0 Å². The molecule has 5 rings (SSSR count). The molecule has 0 atom stereocenters. The number of amides is 1. The first-order chi connectivity index (χ1) is 18.3. The molecule has 1 aromatic heterocycles. The summed E-state index contributed by atoms with van der Waals surface area (Å²) < 4.78 is 0. The van der Waals surface area contributed by atoms with Crippen molar-refractivity contribution in [3.63, 3.8) is 0 Å². The normalized spacial score (nSPS) is 10.5. The Bertz CT molecular complexity index is 1610. The summed E-state index contributed by atoms with van der Waals surface area (Å²) in [6, 6.07) is 32.8. The van der Waals surface area contributed by atoms with Gasteiger partial charge >= 0.3 is 25.8 Å². The van der Waals surface area contributed by atoms with Gasteiger partial charge in [0.15, 0.2) is 0 Å². The summed E-state index contributed by atoms with van der Waals surface area (Å²) in [4.78, 5) is 17.3. The van der Waals surface area contributed by atoms with Gasteiger partial charge in [-0.3, -0.25) is 4.98 Å². The van der Waals surface area contributed by atoms with Crippen molar-refractivity contribution in [2.24, 2.45) is 0 Å². The summed E-state index contributed by atoms with van der Waals surface area (Å²) in [5, 5.41) is 2.36. The standard InChI is InChI=1S/C35H33N2O.2CH3.Hf/c1-22(2)28-14-9-15-29(23(3)4)34(28)31-18-19-32(27-17-16-24-10-5-6-11-25(24)20-27)37-33(31)21-26-12-7-8-13-30(26)35(36)38;;;/h5-23H,1-4H3,(H2,36,38);2*1H3;/q3*-1;+4/p-1. The van der Waals surface area contributed by atoms with Crippen LogP contribution in [0.1, 0.15) is 72.3 Å². The molecule has 4 aromatic carbocycles. The molecule has 0 bridgehead atoms. The molecule has 41 heavy (non-hydrogen) atoms. The third kappa shape index (κ3) is 7.05. The average Bonchev–Trinajstić information content (AvgIpc) is 2.92. The number of nitrogens with zero attached hydrogens (tertiary/aromatic N) is 1. The third-order valence-corrected chi connectivity index (χ3v) is 7.11. The van der Waals surface area contributed by atoms with Gasteiger partial charge in [0.2, 0.25) is 0 Å². The Morgan fingerprint density at radius 3 is 1.98 bits per heavy atom. The van der Waals surface area contributed by atoms with Crippen LogP contribution in [-0.4, -0.2) is 10.9 Å². The molecule has 0 spiro atoms. The average molecular weight is 705 g/mol. The second-order valence-electron chi connectivity index (χ2n) is 10.4. The summed E-state index contributed by atoms with van der Waals surface area (Å²) in [6.45, 7) is 8.88. The third-order valence-electron chi connectivity index (χ3n) is 7.11. The molecule has 4 heteroatoms. The molecule has 3 nitrogen and oxygen atoms in total. The van der Waals surface area contributed by atoms with E-state index in [0.29, 0.717) is 23.0 Å². The van der Waals surface area contributed by atoms with Crippen LogP contribution in [-0.2, 0) is 25.8 Å². The number of rotatable bonds is 7. The van der Waals surface area contributed by atoms with Gasteiger partial charge < -0.3 is 25.4 Å². The molecule has 1 heterocycles. The Labute approximate surface area is 265 Å². The monoisotopic (exact) mass is 706 g/mol. The molecule has 0 fully saturated rings. The summed E-state index contributed by atoms with van der Waals surface area (Å²) in [6.07, 6.45) is 1.96. The number of pyridine rings is 1. The van der Waals surface area contributed by atoms with Crippen molar-refractivity contribution in [3.8, 4) is 22.4 Å². The molecule has 0 aliphatic carbocycles. The minimum atomic E-state index is -0.700. The van der Waals surface area contributed by atoms with Gasteiger partial charge in [-0.15, -0.1) is 24.1 Å². The largest absolute Gasteiger partial charge is 4.00 e. The maximum absolute atomic E-state index is 12.1. The van der Waals surface area contributed by atoms with Crippen LogP contribution < -0.4 is 0 Å². The number of nitrogens with one attached hydrogen (secondary N) is 1. The van der Waals surface area contributed by atoms with Gasteiger partial charge in [0, 0.05) is 11.5 Å². The zero-order valence-electron chi connectivity index (χ0n) is 24.8. The van der Waals surface area contributed by atoms with Gasteiger partial charge in [0.1, 0.15) is 0 Å². The Hall–Kier alpha value is -3.50. The Balaban J connectivity index is 0.00000196. The molecule has 0 aliphatic rings. The molecular formula is C37H38HfN2O. The second kappa shape index (κ2) is 14.4. The van der Waals surface area contributed by atoms with Gasteiger partial charge in [-0.25, -0.2) is 0 Å². The summed E-state index contributed by atoms with van der Waals surface area (Å²) in [7, 11) is 0. The van der Waals surface area contributed by atoms with E-state index in [1.165, 1.54) is 27.5 Å². The van der Waals surface area contributed by atoms with E-state index >= 15 is 0 Å². The SMILES string of the molecule is CC(C)c1cccc(C(C)C)c1-c1ccc(-c2ccc3ccccc3c2)nc1[CH-]c1ccccc1C([NH-])=O.[CH3-].[CH3-].[Hf+4]. The molecule has 1 amide bonds. The maximum atomic E-state index is 12.1. The Kier molecular flexibility index (Phi) is 11.8. The predicted octanol–water partition coefficient (Wildman–Crippen LogP) is 10.5. The molecular weight excluding hydrogens is 667 g/mol. The van der Waals surface area contributed by atoms with E-state index in [-0.39, 0.29) is 40.7 Å². The number of carbonyl (C=O) groups is 1. The smallest absolute Gasteiger partial charge is 0.672 e. The van der Waals surface area contributed by atoms with E-state index in [0.717, 1.165) is 22.5 Å². The molecule has 0 saturated heterocycles. The van der Waals surface area contributed by atoms with Crippen LogP contribution >= 0.6 is 0 Å². The zero-order chi connectivity index (χ0) is 26.8. The molecule has 0 unspecified atom stereocenters. The molecule has 206 valence electrons. The molecule has 0 saturated carbocycles. The summed E-state index contributed by atoms with van der Waals surface area (Å²) in [5.74, 6) is -0.0350. The Morgan fingerprint density at radius 1 is 0.732 bits per heavy atom. The fourth-order valence-electron chi connectivity index (χ4n) is 5.14. The molecule has 1 N–H and O–H groups in total. The van der Waals surface area contributed by atoms with Crippen molar-refractivity contribution in [2.45, 2.75) is 39.5 Å². The van der Waals surface area contributed by atoms with Crippen LogP contribution in [0.3, 0.4) is 0 Å². The van der Waals surface area contributed by atoms with Gasteiger partial charge in [-0.05, 0) is 51.6 Å². The minimum Gasteiger partial charge on any atom is -0.672 e. The van der Waals surface area contributed by atoms with Crippen molar-refractivity contribution in [1.29, 1.82) is 0 Å². The molecule has 0 aliphatic heterocycles. The Morgan fingerprint density at radius 2 is 1.34 bits per heavy atom. The van der Waals surface area contributed by atoms with Gasteiger partial charge in [-0.1, -0.05) is 117 Å². The van der Waals surface area contributed by atoms with E-state index in [1.54, 1.807) is 12.1 Å².